The fourth-order valence-corrected chi connectivity index (χ4v) is 2.09. The van der Waals surface area contributed by atoms with Crippen molar-refractivity contribution in [3.8, 4) is 11.5 Å². The van der Waals surface area contributed by atoms with Crippen LogP contribution in [0.25, 0.3) is 22.7 Å². The number of aromatic nitrogens is 2. The van der Waals surface area contributed by atoms with Crippen LogP contribution in [-0.4, -0.2) is 9.97 Å². The number of anilines is 1. The number of pyridine rings is 1. The Labute approximate surface area is 111 Å². The van der Waals surface area contributed by atoms with Crippen molar-refractivity contribution >= 4 is 39.5 Å². The van der Waals surface area contributed by atoms with Gasteiger partial charge in [-0.05, 0) is 52.9 Å². The van der Waals surface area contributed by atoms with E-state index in [1.54, 1.807) is 6.20 Å². The van der Waals surface area contributed by atoms with E-state index in [0.29, 0.717) is 22.8 Å². The van der Waals surface area contributed by atoms with Crippen LogP contribution < -0.4 is 5.73 Å². The minimum atomic E-state index is 0.509. The van der Waals surface area contributed by atoms with E-state index < -0.39 is 0 Å². The molecule has 0 saturated carbocycles. The van der Waals surface area contributed by atoms with E-state index in [2.05, 4.69) is 32.6 Å². The van der Waals surface area contributed by atoms with Crippen molar-refractivity contribution in [3.05, 3.63) is 40.1 Å². The van der Waals surface area contributed by atoms with Crippen molar-refractivity contribution < 1.29 is 4.42 Å². The van der Waals surface area contributed by atoms with Gasteiger partial charge in [0.05, 0.1) is 5.56 Å². The third-order valence-electron chi connectivity index (χ3n) is 2.41. The summed E-state index contributed by atoms with van der Waals surface area (Å²) < 4.78 is 6.72. The lowest BCUT2D eigenvalue weighted by atomic mass is 10.2. The summed E-state index contributed by atoms with van der Waals surface area (Å²) in [5.41, 5.74) is 8.64. The molecule has 0 aliphatic rings. The first-order chi connectivity index (χ1) is 8.24. The third kappa shape index (κ3) is 1.86. The Morgan fingerprint density at radius 3 is 2.94 bits per heavy atom. The average molecular weight is 337 g/mol. The molecule has 5 heteroatoms. The summed E-state index contributed by atoms with van der Waals surface area (Å²) in [5.74, 6) is 0.509. The molecule has 84 valence electrons. The maximum atomic E-state index is 5.92. The van der Waals surface area contributed by atoms with Crippen molar-refractivity contribution in [2.24, 2.45) is 0 Å². The first-order valence-corrected chi connectivity index (χ1v) is 6.09. The number of hydrogen-bond donors (Lipinski definition) is 1. The quantitative estimate of drug-likeness (QED) is 0.547. The Bertz CT molecular complexity index is 660. The van der Waals surface area contributed by atoms with Gasteiger partial charge in [-0.25, -0.2) is 4.98 Å². The minimum absolute atomic E-state index is 0.509. The molecule has 0 aliphatic heterocycles. The number of hydrogen-bond acceptors (Lipinski definition) is 4. The molecule has 17 heavy (non-hydrogen) atoms. The predicted molar refractivity (Wildman–Crippen MR) is 74.4 cm³/mol. The van der Waals surface area contributed by atoms with E-state index in [-0.39, 0.29) is 0 Å². The zero-order chi connectivity index (χ0) is 11.8. The van der Waals surface area contributed by atoms with E-state index in [9.17, 15) is 0 Å². The largest absolute Gasteiger partial charge is 0.434 e. The van der Waals surface area contributed by atoms with Crippen LogP contribution in [0.15, 0.2) is 40.9 Å². The predicted octanol–water partition coefficient (Wildman–Crippen LogP) is 3.08. The van der Waals surface area contributed by atoms with E-state index in [1.807, 2.05) is 30.3 Å². The molecular weight excluding hydrogens is 329 g/mol. The molecule has 0 unspecified atom stereocenters. The highest BCUT2D eigenvalue weighted by Crippen LogP contribution is 2.29. The maximum Gasteiger partial charge on any atom is 0.231 e. The van der Waals surface area contributed by atoms with Gasteiger partial charge in [-0.1, -0.05) is 0 Å². The summed E-state index contributed by atoms with van der Waals surface area (Å²) in [6.07, 6.45) is 1.69. The maximum absolute atomic E-state index is 5.92. The zero-order valence-corrected chi connectivity index (χ0v) is 10.9. The summed E-state index contributed by atoms with van der Waals surface area (Å²) in [7, 11) is 0. The molecule has 3 aromatic rings. The Hall–Kier alpha value is -1.63. The number of benzene rings is 1. The van der Waals surface area contributed by atoms with Crippen molar-refractivity contribution in [2.45, 2.75) is 0 Å². The second-order valence-corrected chi connectivity index (χ2v) is 4.82. The lowest BCUT2D eigenvalue weighted by molar-refractivity contribution is 0.620. The monoisotopic (exact) mass is 337 g/mol. The second kappa shape index (κ2) is 3.99. The molecule has 2 N–H and O–H groups in total. The van der Waals surface area contributed by atoms with Gasteiger partial charge in [0.15, 0.2) is 11.2 Å². The molecule has 1 aromatic carbocycles. The summed E-state index contributed by atoms with van der Waals surface area (Å²) in [4.78, 5) is 8.46. The van der Waals surface area contributed by atoms with Crippen LogP contribution in [0.1, 0.15) is 0 Å². The normalized spacial score (nSPS) is 10.9. The van der Waals surface area contributed by atoms with Gasteiger partial charge in [0.2, 0.25) is 5.89 Å². The first kappa shape index (κ1) is 10.5. The SMILES string of the molecule is Nc1ccc(I)cc1-c1nc2ncccc2o1. The van der Waals surface area contributed by atoms with Crippen LogP contribution in [0, 0.1) is 3.57 Å². The van der Waals surface area contributed by atoms with Crippen LogP contribution >= 0.6 is 22.6 Å². The van der Waals surface area contributed by atoms with Crippen molar-refractivity contribution in [1.29, 1.82) is 0 Å². The van der Waals surface area contributed by atoms with Crippen LogP contribution in [0.4, 0.5) is 5.69 Å². The summed E-state index contributed by atoms with van der Waals surface area (Å²) in [5, 5.41) is 0. The molecule has 0 atom stereocenters. The molecule has 2 aromatic heterocycles. The first-order valence-electron chi connectivity index (χ1n) is 5.01. The molecule has 0 radical (unpaired) electrons. The number of fused-ring (bicyclic) bond motifs is 1. The number of nitrogens with zero attached hydrogens (tertiary/aromatic N) is 2. The molecular formula is C12H8IN3O. The molecule has 3 rings (SSSR count). The van der Waals surface area contributed by atoms with Crippen LogP contribution in [0.2, 0.25) is 0 Å². The number of nitrogens with two attached hydrogens (primary N) is 1. The van der Waals surface area contributed by atoms with E-state index in [1.165, 1.54) is 0 Å². The van der Waals surface area contributed by atoms with Gasteiger partial charge < -0.3 is 10.2 Å². The summed E-state index contributed by atoms with van der Waals surface area (Å²) >= 11 is 2.23. The lowest BCUT2D eigenvalue weighted by Gasteiger charge is -2.01. The highest BCUT2D eigenvalue weighted by Gasteiger charge is 2.11. The van der Waals surface area contributed by atoms with Gasteiger partial charge in [-0.2, -0.15) is 4.98 Å². The van der Waals surface area contributed by atoms with Crippen LogP contribution in [0.5, 0.6) is 0 Å². The molecule has 0 bridgehead atoms. The highest BCUT2D eigenvalue weighted by atomic mass is 127. The number of rotatable bonds is 1. The van der Waals surface area contributed by atoms with Crippen LogP contribution in [-0.2, 0) is 0 Å². The fraction of sp³-hybridized carbons (Fsp3) is 0. The van der Waals surface area contributed by atoms with Crippen molar-refractivity contribution in [2.75, 3.05) is 5.73 Å². The Balaban J connectivity index is 2.23. The molecule has 0 fully saturated rings. The topological polar surface area (TPSA) is 64.9 Å². The minimum Gasteiger partial charge on any atom is -0.434 e. The number of halogens is 1. The number of oxazole rings is 1. The smallest absolute Gasteiger partial charge is 0.231 e. The summed E-state index contributed by atoms with van der Waals surface area (Å²) in [6, 6.07) is 9.39. The molecule has 0 spiro atoms. The molecule has 0 aliphatic carbocycles. The van der Waals surface area contributed by atoms with Gasteiger partial charge in [-0.3, -0.25) is 0 Å². The van der Waals surface area contributed by atoms with Gasteiger partial charge in [0.25, 0.3) is 0 Å². The van der Waals surface area contributed by atoms with E-state index in [0.717, 1.165) is 9.13 Å². The van der Waals surface area contributed by atoms with Gasteiger partial charge in [0.1, 0.15) is 0 Å². The molecule has 0 amide bonds. The fourth-order valence-electron chi connectivity index (χ4n) is 1.60. The van der Waals surface area contributed by atoms with Crippen LogP contribution in [0.3, 0.4) is 0 Å². The molecule has 0 saturated heterocycles. The standard InChI is InChI=1S/C12H8IN3O/c13-7-3-4-9(14)8(6-7)12-16-11-10(17-12)2-1-5-15-11/h1-6H,14H2. The number of nitrogen functional groups attached to an aromatic ring is 1. The van der Waals surface area contributed by atoms with Crippen molar-refractivity contribution in [1.82, 2.24) is 9.97 Å². The third-order valence-corrected chi connectivity index (χ3v) is 3.08. The molecule has 2 heterocycles. The lowest BCUT2D eigenvalue weighted by Crippen LogP contribution is -1.90. The second-order valence-electron chi connectivity index (χ2n) is 3.58. The summed E-state index contributed by atoms with van der Waals surface area (Å²) in [6.45, 7) is 0. The Kier molecular flexibility index (Phi) is 2.47. The Morgan fingerprint density at radius 1 is 1.24 bits per heavy atom. The Morgan fingerprint density at radius 2 is 2.12 bits per heavy atom. The highest BCUT2D eigenvalue weighted by molar-refractivity contribution is 14.1. The van der Waals surface area contributed by atoms with Gasteiger partial charge in [-0.15, -0.1) is 0 Å². The van der Waals surface area contributed by atoms with Gasteiger partial charge in [0, 0.05) is 15.5 Å². The van der Waals surface area contributed by atoms with E-state index in [4.69, 9.17) is 10.2 Å². The zero-order valence-electron chi connectivity index (χ0n) is 8.72. The van der Waals surface area contributed by atoms with Crippen molar-refractivity contribution in [3.63, 3.8) is 0 Å². The van der Waals surface area contributed by atoms with Gasteiger partial charge >= 0.3 is 0 Å². The average Bonchev–Trinajstić information content (AvgIpc) is 2.75. The molecule has 4 nitrogen and oxygen atoms in total. The van der Waals surface area contributed by atoms with E-state index >= 15 is 0 Å².